The summed E-state index contributed by atoms with van der Waals surface area (Å²) in [6.07, 6.45) is -0.255. The first-order valence-corrected chi connectivity index (χ1v) is 7.43. The van der Waals surface area contributed by atoms with E-state index in [1.54, 1.807) is 36.4 Å². The topological polar surface area (TPSA) is 58.2 Å². The van der Waals surface area contributed by atoms with E-state index in [4.69, 9.17) is 11.6 Å². The molecule has 2 aromatic carbocycles. The van der Waals surface area contributed by atoms with Crippen LogP contribution in [-0.4, -0.2) is 11.8 Å². The summed E-state index contributed by atoms with van der Waals surface area (Å²) in [6, 6.07) is 12.9. The van der Waals surface area contributed by atoms with Crippen molar-refractivity contribution in [3.8, 4) is 0 Å². The smallest absolute Gasteiger partial charge is 0.229 e. The Kier molecular flexibility index (Phi) is 6.11. The van der Waals surface area contributed by atoms with Gasteiger partial charge in [-0.15, -0.1) is 0 Å². The van der Waals surface area contributed by atoms with Gasteiger partial charge in [0.15, 0.2) is 0 Å². The van der Waals surface area contributed by atoms with Gasteiger partial charge in [0.25, 0.3) is 0 Å². The van der Waals surface area contributed by atoms with Gasteiger partial charge in [-0.25, -0.2) is 4.39 Å². The van der Waals surface area contributed by atoms with Crippen molar-refractivity contribution in [1.82, 2.24) is 10.6 Å². The highest BCUT2D eigenvalue weighted by Crippen LogP contribution is 2.09. The van der Waals surface area contributed by atoms with Gasteiger partial charge in [-0.2, -0.15) is 0 Å². The van der Waals surface area contributed by atoms with Gasteiger partial charge in [-0.1, -0.05) is 35.9 Å². The molecular weight excluding hydrogens is 319 g/mol. The number of carbonyl (C=O) groups is 2. The molecule has 2 N–H and O–H groups in total. The highest BCUT2D eigenvalue weighted by Gasteiger charge is 2.09. The lowest BCUT2D eigenvalue weighted by molar-refractivity contribution is -0.129. The fourth-order valence-corrected chi connectivity index (χ4v) is 2.00. The highest BCUT2D eigenvalue weighted by molar-refractivity contribution is 6.30. The Hall–Kier alpha value is -2.40. The predicted octanol–water partition coefficient (Wildman–Crippen LogP) is 2.80. The molecule has 0 spiro atoms. The molecule has 0 bridgehead atoms. The summed E-state index contributed by atoms with van der Waals surface area (Å²) < 4.78 is 12.8. The van der Waals surface area contributed by atoms with E-state index >= 15 is 0 Å². The Morgan fingerprint density at radius 1 is 0.826 bits per heavy atom. The Morgan fingerprint density at radius 3 is 1.74 bits per heavy atom. The molecule has 2 amide bonds. The Balaban J connectivity index is 1.70. The van der Waals surface area contributed by atoms with Crippen molar-refractivity contribution in [2.75, 3.05) is 0 Å². The average molecular weight is 335 g/mol. The molecule has 2 rings (SSSR count). The largest absolute Gasteiger partial charge is 0.352 e. The maximum Gasteiger partial charge on any atom is 0.229 e. The number of hydrogen-bond donors (Lipinski definition) is 2. The zero-order valence-electron chi connectivity index (χ0n) is 12.3. The highest BCUT2D eigenvalue weighted by atomic mass is 35.5. The monoisotopic (exact) mass is 334 g/mol. The normalized spacial score (nSPS) is 10.2. The summed E-state index contributed by atoms with van der Waals surface area (Å²) in [6.45, 7) is 0.588. The molecule has 0 radical (unpaired) electrons. The summed E-state index contributed by atoms with van der Waals surface area (Å²) in [7, 11) is 0. The minimum Gasteiger partial charge on any atom is -0.352 e. The number of hydrogen-bond acceptors (Lipinski definition) is 2. The zero-order chi connectivity index (χ0) is 16.7. The van der Waals surface area contributed by atoms with Crippen LogP contribution in [0.25, 0.3) is 0 Å². The second-order valence-electron chi connectivity index (χ2n) is 4.98. The van der Waals surface area contributed by atoms with Gasteiger partial charge >= 0.3 is 0 Å². The van der Waals surface area contributed by atoms with Gasteiger partial charge < -0.3 is 10.6 Å². The van der Waals surface area contributed by atoms with Crippen LogP contribution in [0.4, 0.5) is 4.39 Å². The van der Waals surface area contributed by atoms with E-state index < -0.39 is 0 Å². The van der Waals surface area contributed by atoms with Crippen LogP contribution in [0.5, 0.6) is 0 Å². The van der Waals surface area contributed by atoms with E-state index in [2.05, 4.69) is 10.6 Å². The van der Waals surface area contributed by atoms with Crippen molar-refractivity contribution in [3.05, 3.63) is 70.5 Å². The van der Waals surface area contributed by atoms with E-state index in [1.807, 2.05) is 0 Å². The number of halogens is 2. The first kappa shape index (κ1) is 17.0. The molecule has 0 aromatic heterocycles. The third-order valence-electron chi connectivity index (χ3n) is 3.13. The molecule has 0 aliphatic heterocycles. The Bertz CT molecular complexity index is 612. The van der Waals surface area contributed by atoms with E-state index in [9.17, 15) is 14.0 Å². The molecule has 0 saturated heterocycles. The van der Waals surface area contributed by atoms with E-state index in [0.717, 1.165) is 11.1 Å². The van der Waals surface area contributed by atoms with Crippen LogP contribution >= 0.6 is 11.6 Å². The maximum absolute atomic E-state index is 12.8. The third kappa shape index (κ3) is 6.08. The number of rotatable bonds is 6. The SMILES string of the molecule is O=C(CC(=O)NCc1ccc(Cl)cc1)NCc1ccc(F)cc1. The molecule has 0 aliphatic carbocycles. The lowest BCUT2D eigenvalue weighted by Crippen LogP contribution is -2.31. The lowest BCUT2D eigenvalue weighted by atomic mass is 10.2. The molecular formula is C17H16ClFN2O2. The average Bonchev–Trinajstić information content (AvgIpc) is 2.54. The molecule has 0 fully saturated rings. The van der Waals surface area contributed by atoms with E-state index in [0.29, 0.717) is 11.6 Å². The molecule has 120 valence electrons. The molecule has 0 saturated carbocycles. The van der Waals surface area contributed by atoms with Crippen LogP contribution in [0.1, 0.15) is 17.5 Å². The number of benzene rings is 2. The first-order chi connectivity index (χ1) is 11.0. The van der Waals surface area contributed by atoms with Crippen LogP contribution < -0.4 is 10.6 Å². The third-order valence-corrected chi connectivity index (χ3v) is 3.38. The van der Waals surface area contributed by atoms with Crippen molar-refractivity contribution in [2.45, 2.75) is 19.5 Å². The minimum absolute atomic E-state index is 0.254. The van der Waals surface area contributed by atoms with Crippen molar-refractivity contribution < 1.29 is 14.0 Å². The standard InChI is InChI=1S/C17H16ClFN2O2/c18-14-5-1-12(2-6-14)10-20-16(22)9-17(23)21-11-13-3-7-15(19)8-4-13/h1-8H,9-11H2,(H,20,22)(H,21,23). The molecule has 0 atom stereocenters. The van der Waals surface area contributed by atoms with Gasteiger partial charge in [0, 0.05) is 18.1 Å². The van der Waals surface area contributed by atoms with Crippen LogP contribution in [-0.2, 0) is 22.7 Å². The number of amides is 2. The molecule has 6 heteroatoms. The van der Waals surface area contributed by atoms with Crippen molar-refractivity contribution >= 4 is 23.4 Å². The molecule has 23 heavy (non-hydrogen) atoms. The second kappa shape index (κ2) is 8.29. The van der Waals surface area contributed by atoms with Crippen molar-refractivity contribution in [1.29, 1.82) is 0 Å². The molecule has 0 aliphatic rings. The zero-order valence-corrected chi connectivity index (χ0v) is 13.1. The molecule has 4 nitrogen and oxygen atoms in total. The fraction of sp³-hybridized carbons (Fsp3) is 0.176. The van der Waals surface area contributed by atoms with Crippen LogP contribution in [0.2, 0.25) is 5.02 Å². The van der Waals surface area contributed by atoms with E-state index in [1.165, 1.54) is 12.1 Å². The molecule has 2 aromatic rings. The summed E-state index contributed by atoms with van der Waals surface area (Å²) in [5.74, 6) is -1.08. The van der Waals surface area contributed by atoms with Crippen LogP contribution in [0, 0.1) is 5.82 Å². The van der Waals surface area contributed by atoms with Crippen molar-refractivity contribution in [2.24, 2.45) is 0 Å². The Labute approximate surface area is 138 Å². The van der Waals surface area contributed by atoms with Crippen LogP contribution in [0.3, 0.4) is 0 Å². The van der Waals surface area contributed by atoms with Gasteiger partial charge in [0.05, 0.1) is 0 Å². The summed E-state index contributed by atoms with van der Waals surface area (Å²) in [5, 5.41) is 5.90. The molecule has 0 heterocycles. The first-order valence-electron chi connectivity index (χ1n) is 7.05. The fourth-order valence-electron chi connectivity index (χ4n) is 1.88. The summed E-state index contributed by atoms with van der Waals surface area (Å²) in [5.41, 5.74) is 1.66. The number of nitrogens with one attached hydrogen (secondary N) is 2. The van der Waals surface area contributed by atoms with E-state index in [-0.39, 0.29) is 30.6 Å². The summed E-state index contributed by atoms with van der Waals surface area (Å²) in [4.78, 5) is 23.4. The Morgan fingerprint density at radius 2 is 1.26 bits per heavy atom. The van der Waals surface area contributed by atoms with Gasteiger partial charge in [-0.3, -0.25) is 9.59 Å². The number of carbonyl (C=O) groups excluding carboxylic acids is 2. The molecule has 0 unspecified atom stereocenters. The second-order valence-corrected chi connectivity index (χ2v) is 5.42. The van der Waals surface area contributed by atoms with Crippen molar-refractivity contribution in [3.63, 3.8) is 0 Å². The van der Waals surface area contributed by atoms with Gasteiger partial charge in [-0.05, 0) is 35.4 Å². The van der Waals surface area contributed by atoms with Gasteiger partial charge in [0.1, 0.15) is 12.2 Å². The van der Waals surface area contributed by atoms with Gasteiger partial charge in [0.2, 0.25) is 11.8 Å². The van der Waals surface area contributed by atoms with Crippen LogP contribution in [0.15, 0.2) is 48.5 Å². The quantitative estimate of drug-likeness (QED) is 0.798. The minimum atomic E-state index is -0.386. The lowest BCUT2D eigenvalue weighted by Gasteiger charge is -2.07. The summed E-state index contributed by atoms with van der Waals surface area (Å²) >= 11 is 5.78. The predicted molar refractivity (Wildman–Crippen MR) is 86.2 cm³/mol. The maximum atomic E-state index is 12.8.